The van der Waals surface area contributed by atoms with Crippen molar-refractivity contribution in [3.05, 3.63) is 20.8 Å². The summed E-state index contributed by atoms with van der Waals surface area (Å²) in [6.07, 6.45) is 2.38. The summed E-state index contributed by atoms with van der Waals surface area (Å²) < 4.78 is 1.21. The van der Waals surface area contributed by atoms with Gasteiger partial charge in [0.2, 0.25) is 0 Å². The first-order valence-electron chi connectivity index (χ1n) is 4.72. The van der Waals surface area contributed by atoms with Crippen molar-refractivity contribution in [1.29, 1.82) is 0 Å². The highest BCUT2D eigenvalue weighted by Gasteiger charge is 2.38. The maximum atomic E-state index is 5.96. The lowest BCUT2D eigenvalue weighted by atomic mass is 9.68. The number of hydrogen-bond donors (Lipinski definition) is 1. The molecule has 1 fully saturated rings. The summed E-state index contributed by atoms with van der Waals surface area (Å²) in [4.78, 5) is 1.50. The van der Waals surface area contributed by atoms with Crippen molar-refractivity contribution in [2.24, 2.45) is 11.7 Å². The van der Waals surface area contributed by atoms with Crippen LogP contribution in [0, 0.1) is 5.92 Å². The summed E-state index contributed by atoms with van der Waals surface area (Å²) in [7, 11) is 0. The Hall–Kier alpha value is 0.140. The molecule has 3 heteroatoms. The molecule has 1 saturated carbocycles. The fourth-order valence-electron chi connectivity index (χ4n) is 2.18. The number of rotatable bonds is 2. The van der Waals surface area contributed by atoms with E-state index >= 15 is 0 Å². The Morgan fingerprint density at radius 3 is 2.92 bits per heavy atom. The van der Waals surface area contributed by atoms with Crippen LogP contribution in [0.15, 0.2) is 15.9 Å². The predicted octanol–water partition coefficient (Wildman–Crippen LogP) is 3.35. The molecule has 1 aromatic rings. The van der Waals surface area contributed by atoms with Crippen molar-refractivity contribution in [3.8, 4) is 0 Å². The number of hydrogen-bond acceptors (Lipinski definition) is 2. The molecular formula is C10H14BrNS. The summed E-state index contributed by atoms with van der Waals surface area (Å²) in [5.74, 6) is 1.45. The van der Waals surface area contributed by atoms with Gasteiger partial charge in [0.25, 0.3) is 0 Å². The van der Waals surface area contributed by atoms with Crippen LogP contribution in [-0.4, -0.2) is 6.04 Å². The lowest BCUT2D eigenvalue weighted by Gasteiger charge is -2.41. The third-order valence-corrected chi connectivity index (χ3v) is 4.84. The SMILES string of the molecule is CCC1C(N)CC1c1cc(Br)cs1. The molecule has 1 aromatic heterocycles. The van der Waals surface area contributed by atoms with E-state index in [1.54, 1.807) is 0 Å². The topological polar surface area (TPSA) is 26.0 Å². The van der Waals surface area contributed by atoms with Crippen LogP contribution in [0.5, 0.6) is 0 Å². The monoisotopic (exact) mass is 259 g/mol. The molecule has 0 bridgehead atoms. The van der Waals surface area contributed by atoms with Gasteiger partial charge in [-0.25, -0.2) is 0 Å². The van der Waals surface area contributed by atoms with Crippen LogP contribution >= 0.6 is 27.3 Å². The van der Waals surface area contributed by atoms with E-state index in [9.17, 15) is 0 Å². The summed E-state index contributed by atoms with van der Waals surface area (Å²) in [5.41, 5.74) is 5.96. The van der Waals surface area contributed by atoms with Gasteiger partial charge in [0.05, 0.1) is 0 Å². The zero-order valence-corrected chi connectivity index (χ0v) is 10.1. The maximum absolute atomic E-state index is 5.96. The molecule has 0 saturated heterocycles. The molecule has 1 aliphatic rings. The Labute approximate surface area is 91.5 Å². The first-order chi connectivity index (χ1) is 6.22. The third kappa shape index (κ3) is 1.69. The van der Waals surface area contributed by atoms with Gasteiger partial charge >= 0.3 is 0 Å². The fraction of sp³-hybridized carbons (Fsp3) is 0.600. The standard InChI is InChI=1S/C10H14BrNS/c1-2-7-8(4-9(7)12)10-3-6(11)5-13-10/h3,5,7-9H,2,4,12H2,1H3. The van der Waals surface area contributed by atoms with Crippen LogP contribution in [0.4, 0.5) is 0 Å². The van der Waals surface area contributed by atoms with Crippen LogP contribution < -0.4 is 5.73 Å². The van der Waals surface area contributed by atoms with Crippen LogP contribution in [0.2, 0.25) is 0 Å². The first-order valence-corrected chi connectivity index (χ1v) is 6.39. The molecule has 72 valence electrons. The average molecular weight is 260 g/mol. The third-order valence-electron chi connectivity index (χ3n) is 3.02. The van der Waals surface area contributed by atoms with Gasteiger partial charge in [-0.1, -0.05) is 13.3 Å². The van der Waals surface area contributed by atoms with E-state index in [1.165, 1.54) is 22.2 Å². The second-order valence-electron chi connectivity index (χ2n) is 3.75. The van der Waals surface area contributed by atoms with Gasteiger partial charge in [-0.15, -0.1) is 11.3 Å². The predicted molar refractivity (Wildman–Crippen MR) is 61.1 cm³/mol. The zero-order chi connectivity index (χ0) is 9.42. The van der Waals surface area contributed by atoms with Gasteiger partial charge < -0.3 is 5.73 Å². The van der Waals surface area contributed by atoms with Crippen LogP contribution in [0.25, 0.3) is 0 Å². The normalized spacial score (nSPS) is 33.0. The molecule has 1 nitrogen and oxygen atoms in total. The highest BCUT2D eigenvalue weighted by atomic mass is 79.9. The maximum Gasteiger partial charge on any atom is 0.0285 e. The molecule has 0 amide bonds. The largest absolute Gasteiger partial charge is 0.327 e. The molecule has 0 aliphatic heterocycles. The minimum atomic E-state index is 0.441. The molecular weight excluding hydrogens is 246 g/mol. The van der Waals surface area contributed by atoms with E-state index < -0.39 is 0 Å². The fourth-order valence-corrected chi connectivity index (χ4v) is 3.82. The summed E-state index contributed by atoms with van der Waals surface area (Å²) in [5, 5.41) is 2.16. The van der Waals surface area contributed by atoms with Crippen LogP contribution in [0.1, 0.15) is 30.6 Å². The average Bonchev–Trinajstić information content (AvgIpc) is 2.48. The highest BCUT2D eigenvalue weighted by Crippen LogP contribution is 2.45. The summed E-state index contributed by atoms with van der Waals surface area (Å²) >= 11 is 5.34. The highest BCUT2D eigenvalue weighted by molar-refractivity contribution is 9.10. The van der Waals surface area contributed by atoms with E-state index in [0.29, 0.717) is 12.0 Å². The Bertz CT molecular complexity index is 297. The van der Waals surface area contributed by atoms with E-state index in [-0.39, 0.29) is 0 Å². The minimum absolute atomic E-state index is 0.441. The molecule has 0 radical (unpaired) electrons. The lowest BCUT2D eigenvalue weighted by molar-refractivity contribution is 0.201. The van der Waals surface area contributed by atoms with Crippen molar-refractivity contribution in [2.45, 2.75) is 31.7 Å². The Balaban J connectivity index is 2.11. The van der Waals surface area contributed by atoms with Gasteiger partial charge in [0, 0.05) is 20.8 Å². The molecule has 3 unspecified atom stereocenters. The van der Waals surface area contributed by atoms with Gasteiger partial charge in [0.1, 0.15) is 0 Å². The number of nitrogens with two attached hydrogens (primary N) is 1. The quantitative estimate of drug-likeness (QED) is 0.867. The van der Waals surface area contributed by atoms with E-state index in [4.69, 9.17) is 5.73 Å². The Morgan fingerprint density at radius 1 is 1.69 bits per heavy atom. The van der Waals surface area contributed by atoms with E-state index in [0.717, 1.165) is 5.92 Å². The molecule has 3 atom stereocenters. The summed E-state index contributed by atoms with van der Waals surface area (Å²) in [6, 6.07) is 2.68. The second-order valence-corrected chi connectivity index (χ2v) is 5.60. The lowest BCUT2D eigenvalue weighted by Crippen LogP contribution is -2.45. The van der Waals surface area contributed by atoms with Crippen molar-refractivity contribution >= 4 is 27.3 Å². The first kappa shape index (κ1) is 9.69. The second kappa shape index (κ2) is 3.71. The van der Waals surface area contributed by atoms with Crippen molar-refractivity contribution in [1.82, 2.24) is 0 Å². The van der Waals surface area contributed by atoms with E-state index in [2.05, 4.69) is 34.3 Å². The number of thiophene rings is 1. The van der Waals surface area contributed by atoms with Crippen molar-refractivity contribution in [2.75, 3.05) is 0 Å². The zero-order valence-electron chi connectivity index (χ0n) is 7.66. The molecule has 2 N–H and O–H groups in total. The molecule has 0 spiro atoms. The van der Waals surface area contributed by atoms with Crippen LogP contribution in [-0.2, 0) is 0 Å². The van der Waals surface area contributed by atoms with Gasteiger partial charge in [-0.05, 0) is 40.3 Å². The van der Waals surface area contributed by atoms with Gasteiger partial charge in [0.15, 0.2) is 0 Å². The smallest absolute Gasteiger partial charge is 0.0285 e. The molecule has 0 aromatic carbocycles. The van der Waals surface area contributed by atoms with Gasteiger partial charge in [-0.3, -0.25) is 0 Å². The van der Waals surface area contributed by atoms with Crippen molar-refractivity contribution in [3.63, 3.8) is 0 Å². The molecule has 1 heterocycles. The van der Waals surface area contributed by atoms with Crippen LogP contribution in [0.3, 0.4) is 0 Å². The Morgan fingerprint density at radius 2 is 2.46 bits per heavy atom. The summed E-state index contributed by atoms with van der Waals surface area (Å²) in [6.45, 7) is 2.24. The molecule has 1 aliphatic carbocycles. The molecule has 2 rings (SSSR count). The number of halogens is 1. The minimum Gasteiger partial charge on any atom is -0.327 e. The Kier molecular flexibility index (Phi) is 2.77. The van der Waals surface area contributed by atoms with Crippen molar-refractivity contribution < 1.29 is 0 Å². The van der Waals surface area contributed by atoms with E-state index in [1.807, 2.05) is 11.3 Å². The van der Waals surface area contributed by atoms with Gasteiger partial charge in [-0.2, -0.15) is 0 Å². The molecule has 13 heavy (non-hydrogen) atoms.